The van der Waals surface area contributed by atoms with Gasteiger partial charge in [0.15, 0.2) is 0 Å². The minimum atomic E-state index is -3.45. The second-order valence-corrected chi connectivity index (χ2v) is 10.7. The molecule has 1 atom stereocenters. The van der Waals surface area contributed by atoms with E-state index in [9.17, 15) is 22.9 Å². The summed E-state index contributed by atoms with van der Waals surface area (Å²) in [5, 5.41) is 9.38. The zero-order chi connectivity index (χ0) is 23.0. The third-order valence-electron chi connectivity index (χ3n) is 5.01. The molecule has 8 heteroatoms. The number of hydrogen-bond acceptors (Lipinski definition) is 5. The second kappa shape index (κ2) is 8.40. The van der Waals surface area contributed by atoms with Crippen molar-refractivity contribution in [3.05, 3.63) is 53.3 Å². The van der Waals surface area contributed by atoms with Gasteiger partial charge in [-0.1, -0.05) is 18.2 Å². The number of hydrogen-bond donors (Lipinski definition) is 0. The maximum absolute atomic E-state index is 14.8. The van der Waals surface area contributed by atoms with E-state index in [0.29, 0.717) is 22.3 Å². The molecular weight excluding hydrogens is 419 g/mol. The van der Waals surface area contributed by atoms with E-state index >= 15 is 0 Å². The topological polar surface area (TPSA) is 87.5 Å². The van der Waals surface area contributed by atoms with Crippen molar-refractivity contribution in [1.29, 1.82) is 5.26 Å². The molecule has 0 amide bonds. The standard InChI is InChI=1S/C23H25FN2O4S/c1-23(2,3)30-22(27)10-15(13-25)9-18-6-5-17(12-20(18)24)16-7-8-21-19(11-16)14-26(4)31(21,28)29/h5-8,11-12,15H,9-10,14H2,1-4H3/t15-/m1/s1. The molecule has 1 heterocycles. The van der Waals surface area contributed by atoms with Crippen LogP contribution >= 0.6 is 0 Å². The van der Waals surface area contributed by atoms with E-state index in [1.54, 1.807) is 51.1 Å². The first-order valence-electron chi connectivity index (χ1n) is 9.90. The van der Waals surface area contributed by atoms with Gasteiger partial charge < -0.3 is 4.74 Å². The van der Waals surface area contributed by atoms with Crippen LogP contribution in [0.3, 0.4) is 0 Å². The number of nitriles is 1. The minimum Gasteiger partial charge on any atom is -0.460 e. The fraction of sp³-hybridized carbons (Fsp3) is 0.391. The number of halogens is 1. The summed E-state index contributed by atoms with van der Waals surface area (Å²) >= 11 is 0. The van der Waals surface area contributed by atoms with Crippen LogP contribution in [0.25, 0.3) is 11.1 Å². The molecule has 1 aliphatic rings. The third kappa shape index (κ3) is 5.12. The molecule has 6 nitrogen and oxygen atoms in total. The summed E-state index contributed by atoms with van der Waals surface area (Å²) in [6.45, 7) is 5.52. The minimum absolute atomic E-state index is 0.0923. The molecule has 164 valence electrons. The molecule has 3 rings (SSSR count). The highest BCUT2D eigenvalue weighted by Gasteiger charge is 2.31. The Hall–Kier alpha value is -2.76. The summed E-state index contributed by atoms with van der Waals surface area (Å²) in [4.78, 5) is 12.3. The van der Waals surface area contributed by atoms with Gasteiger partial charge in [-0.05, 0) is 67.6 Å². The Bertz CT molecular complexity index is 1160. The summed E-state index contributed by atoms with van der Waals surface area (Å²) in [5.41, 5.74) is 1.68. The zero-order valence-electron chi connectivity index (χ0n) is 18.0. The van der Waals surface area contributed by atoms with Crippen LogP contribution in [-0.4, -0.2) is 31.3 Å². The van der Waals surface area contributed by atoms with Crippen LogP contribution in [-0.2, 0) is 32.5 Å². The van der Waals surface area contributed by atoms with Gasteiger partial charge >= 0.3 is 5.97 Å². The summed E-state index contributed by atoms with van der Waals surface area (Å²) in [7, 11) is -1.93. The summed E-state index contributed by atoms with van der Waals surface area (Å²) < 4.78 is 45.7. The van der Waals surface area contributed by atoms with Gasteiger partial charge in [0, 0.05) is 13.6 Å². The molecule has 0 N–H and O–H groups in total. The smallest absolute Gasteiger partial charge is 0.307 e. The van der Waals surface area contributed by atoms with E-state index in [4.69, 9.17) is 4.74 Å². The Balaban J connectivity index is 1.77. The van der Waals surface area contributed by atoms with Gasteiger partial charge in [0.25, 0.3) is 0 Å². The van der Waals surface area contributed by atoms with Gasteiger partial charge in [0.2, 0.25) is 10.0 Å². The average molecular weight is 445 g/mol. The molecule has 0 fully saturated rings. The van der Waals surface area contributed by atoms with E-state index in [1.165, 1.54) is 17.4 Å². The molecule has 31 heavy (non-hydrogen) atoms. The number of benzene rings is 2. The SMILES string of the molecule is CN1Cc2cc(-c3ccc(C[C@@H](C#N)CC(=O)OC(C)(C)C)c(F)c3)ccc2S1(=O)=O. The number of ether oxygens (including phenoxy) is 1. The van der Waals surface area contributed by atoms with Gasteiger partial charge in [-0.25, -0.2) is 12.8 Å². The lowest BCUT2D eigenvalue weighted by Crippen LogP contribution is -2.25. The van der Waals surface area contributed by atoms with Crippen LogP contribution in [0.2, 0.25) is 0 Å². The van der Waals surface area contributed by atoms with E-state index in [0.717, 1.165) is 0 Å². The van der Waals surface area contributed by atoms with Crippen LogP contribution in [0.5, 0.6) is 0 Å². The number of carbonyl (C=O) groups excluding carboxylic acids is 1. The summed E-state index contributed by atoms with van der Waals surface area (Å²) in [6.07, 6.45) is -0.0170. The predicted octanol–water partition coefficient (Wildman–Crippen LogP) is 4.04. The lowest BCUT2D eigenvalue weighted by atomic mass is 9.94. The predicted molar refractivity (Wildman–Crippen MR) is 114 cm³/mol. The summed E-state index contributed by atoms with van der Waals surface area (Å²) in [5.74, 6) is -1.67. The zero-order valence-corrected chi connectivity index (χ0v) is 18.8. The Morgan fingerprint density at radius 2 is 1.87 bits per heavy atom. The maximum Gasteiger partial charge on any atom is 0.307 e. The van der Waals surface area contributed by atoms with Crippen LogP contribution in [0.4, 0.5) is 4.39 Å². The van der Waals surface area contributed by atoms with Crippen LogP contribution in [0, 0.1) is 23.1 Å². The van der Waals surface area contributed by atoms with Gasteiger partial charge in [-0.15, -0.1) is 0 Å². The molecule has 0 aromatic heterocycles. The van der Waals surface area contributed by atoms with E-state index in [2.05, 4.69) is 6.07 Å². The first kappa shape index (κ1) is 22.9. The van der Waals surface area contributed by atoms with Gasteiger partial charge in [-0.3, -0.25) is 4.79 Å². The quantitative estimate of drug-likeness (QED) is 0.650. The molecule has 0 spiro atoms. The van der Waals surface area contributed by atoms with Crippen molar-refractivity contribution in [3.63, 3.8) is 0 Å². The Morgan fingerprint density at radius 1 is 1.23 bits per heavy atom. The highest BCUT2D eigenvalue weighted by molar-refractivity contribution is 7.89. The molecule has 0 radical (unpaired) electrons. The third-order valence-corrected chi connectivity index (χ3v) is 6.91. The number of esters is 1. The molecule has 0 bridgehead atoms. The van der Waals surface area contributed by atoms with Gasteiger partial charge in [0.05, 0.1) is 23.3 Å². The Kier molecular flexibility index (Phi) is 6.21. The summed E-state index contributed by atoms with van der Waals surface area (Å²) in [6, 6.07) is 11.7. The van der Waals surface area contributed by atoms with Crippen LogP contribution in [0.15, 0.2) is 41.3 Å². The maximum atomic E-state index is 14.8. The largest absolute Gasteiger partial charge is 0.460 e. The van der Waals surface area contributed by atoms with Crippen molar-refractivity contribution in [1.82, 2.24) is 4.31 Å². The van der Waals surface area contributed by atoms with Crippen LogP contribution in [0.1, 0.15) is 38.3 Å². The van der Waals surface area contributed by atoms with Gasteiger partial charge in [-0.2, -0.15) is 9.57 Å². The second-order valence-electron chi connectivity index (χ2n) is 8.71. The lowest BCUT2D eigenvalue weighted by Gasteiger charge is -2.20. The molecular formula is C23H25FN2O4S. The van der Waals surface area contributed by atoms with E-state index in [-0.39, 0.29) is 24.3 Å². The highest BCUT2D eigenvalue weighted by atomic mass is 32.2. The van der Waals surface area contributed by atoms with E-state index < -0.39 is 33.3 Å². The molecule has 1 aliphatic heterocycles. The van der Waals surface area contributed by atoms with E-state index in [1.807, 2.05) is 0 Å². The number of rotatable bonds is 5. The number of carbonyl (C=O) groups is 1. The number of nitrogens with zero attached hydrogens (tertiary/aromatic N) is 2. The fourth-order valence-electron chi connectivity index (χ4n) is 3.53. The van der Waals surface area contributed by atoms with Crippen molar-refractivity contribution >= 4 is 16.0 Å². The molecule has 2 aromatic carbocycles. The lowest BCUT2D eigenvalue weighted by molar-refractivity contribution is -0.155. The molecule has 0 saturated heterocycles. The Morgan fingerprint density at radius 3 is 2.48 bits per heavy atom. The monoisotopic (exact) mass is 444 g/mol. The van der Waals surface area contributed by atoms with Crippen molar-refractivity contribution in [2.45, 2.75) is 50.7 Å². The molecule has 2 aromatic rings. The Labute approximate surface area is 182 Å². The number of fused-ring (bicyclic) bond motifs is 1. The fourth-order valence-corrected chi connectivity index (χ4v) is 4.87. The normalized spacial score (nSPS) is 16.4. The van der Waals surface area contributed by atoms with Crippen LogP contribution < -0.4 is 0 Å². The first-order valence-corrected chi connectivity index (χ1v) is 11.3. The average Bonchev–Trinajstić information content (AvgIpc) is 2.89. The highest BCUT2D eigenvalue weighted by Crippen LogP contribution is 2.33. The van der Waals surface area contributed by atoms with Crippen molar-refractivity contribution in [2.24, 2.45) is 5.92 Å². The molecule has 0 saturated carbocycles. The molecule has 0 aliphatic carbocycles. The molecule has 0 unspecified atom stereocenters. The number of sulfonamides is 1. The van der Waals surface area contributed by atoms with Gasteiger partial charge in [0.1, 0.15) is 11.4 Å². The van der Waals surface area contributed by atoms with Crippen molar-refractivity contribution in [3.8, 4) is 17.2 Å². The van der Waals surface area contributed by atoms with Crippen molar-refractivity contribution in [2.75, 3.05) is 7.05 Å². The van der Waals surface area contributed by atoms with Crippen molar-refractivity contribution < 1.29 is 22.3 Å². The first-order chi connectivity index (χ1) is 14.4.